The lowest BCUT2D eigenvalue weighted by molar-refractivity contribution is -0.124. The molecule has 8 nitrogen and oxygen atoms in total. The van der Waals surface area contributed by atoms with E-state index in [1.165, 1.54) is 24.3 Å². The minimum absolute atomic E-state index is 0.0300. The van der Waals surface area contributed by atoms with Crippen LogP contribution in [0.3, 0.4) is 0 Å². The van der Waals surface area contributed by atoms with E-state index in [2.05, 4.69) is 16.0 Å². The second-order valence-corrected chi connectivity index (χ2v) is 7.55. The molecule has 0 spiro atoms. The minimum atomic E-state index is -0.882. The number of nitrogens with one attached hydrogen (secondary N) is 3. The third kappa shape index (κ3) is 4.60. The number of hydrogen-bond donors (Lipinski definition) is 4. The predicted molar refractivity (Wildman–Crippen MR) is 97.1 cm³/mol. The molecule has 0 radical (unpaired) electrons. The van der Waals surface area contributed by atoms with E-state index >= 15 is 0 Å². The van der Waals surface area contributed by atoms with Gasteiger partial charge in [-0.15, -0.1) is 0 Å². The van der Waals surface area contributed by atoms with E-state index in [-0.39, 0.29) is 36.9 Å². The van der Waals surface area contributed by atoms with Crippen LogP contribution in [0.25, 0.3) is 0 Å². The largest absolute Gasteiger partial charge is 0.388 e. The van der Waals surface area contributed by atoms with Gasteiger partial charge < -0.3 is 30.5 Å². The maximum absolute atomic E-state index is 12.9. The number of benzene rings is 1. The first-order valence-electron chi connectivity index (χ1n) is 9.56. The number of rotatable bonds is 6. The molecule has 3 fully saturated rings. The number of urea groups is 1. The molecule has 28 heavy (non-hydrogen) atoms. The van der Waals surface area contributed by atoms with E-state index in [9.17, 15) is 19.1 Å². The molecule has 0 bridgehead atoms. The molecule has 2 saturated heterocycles. The number of anilines is 1. The Bertz CT molecular complexity index is 727. The summed E-state index contributed by atoms with van der Waals surface area (Å²) in [5, 5.41) is 18.6. The lowest BCUT2D eigenvalue weighted by atomic mass is 10.1. The molecule has 4 rings (SSSR count). The Kier molecular flexibility index (Phi) is 5.47. The van der Waals surface area contributed by atoms with Crippen molar-refractivity contribution in [3.63, 3.8) is 0 Å². The molecule has 1 aromatic carbocycles. The number of hydrogen-bond acceptors (Lipinski definition) is 5. The summed E-state index contributed by atoms with van der Waals surface area (Å²) in [7, 11) is 0. The van der Waals surface area contributed by atoms with Crippen LogP contribution in [0.15, 0.2) is 24.3 Å². The van der Waals surface area contributed by atoms with Crippen LogP contribution in [-0.2, 0) is 14.3 Å². The molecule has 4 N–H and O–H groups in total. The number of fused-ring (bicyclic) bond motifs is 1. The Labute approximate surface area is 161 Å². The summed E-state index contributed by atoms with van der Waals surface area (Å²) in [5.74, 6) is -0.416. The van der Waals surface area contributed by atoms with E-state index in [4.69, 9.17) is 9.47 Å². The van der Waals surface area contributed by atoms with Gasteiger partial charge in [0.15, 0.2) is 0 Å². The van der Waals surface area contributed by atoms with Crippen molar-refractivity contribution in [2.24, 2.45) is 0 Å². The Morgan fingerprint density at radius 3 is 2.61 bits per heavy atom. The number of amides is 3. The molecule has 5 atom stereocenters. The molecule has 152 valence electrons. The van der Waals surface area contributed by atoms with Crippen LogP contribution in [0.2, 0.25) is 0 Å². The number of halogens is 1. The fourth-order valence-electron chi connectivity index (χ4n) is 3.63. The molecule has 3 amide bonds. The summed E-state index contributed by atoms with van der Waals surface area (Å²) in [5.41, 5.74) is 0.458. The number of aliphatic hydroxyl groups is 1. The van der Waals surface area contributed by atoms with Gasteiger partial charge in [0, 0.05) is 24.7 Å². The van der Waals surface area contributed by atoms with Crippen molar-refractivity contribution in [2.45, 2.75) is 62.2 Å². The van der Waals surface area contributed by atoms with Crippen molar-refractivity contribution in [2.75, 3.05) is 11.9 Å². The predicted octanol–water partition coefficient (Wildman–Crippen LogP) is 0.902. The SMILES string of the molecule is O=C(CC1CC2OC(CNC(=O)Nc3ccc(F)cc3)C(O)C2O1)NC1CC1. The van der Waals surface area contributed by atoms with Crippen LogP contribution in [0.1, 0.15) is 25.7 Å². The van der Waals surface area contributed by atoms with E-state index in [1.807, 2.05) is 0 Å². The van der Waals surface area contributed by atoms with Crippen molar-refractivity contribution >= 4 is 17.6 Å². The van der Waals surface area contributed by atoms with Gasteiger partial charge in [0.1, 0.15) is 24.1 Å². The molecular weight excluding hydrogens is 369 g/mol. The van der Waals surface area contributed by atoms with Crippen LogP contribution in [-0.4, -0.2) is 60.2 Å². The Balaban J connectivity index is 1.20. The van der Waals surface area contributed by atoms with Crippen LogP contribution >= 0.6 is 0 Å². The van der Waals surface area contributed by atoms with Crippen LogP contribution < -0.4 is 16.0 Å². The molecule has 0 aromatic heterocycles. The van der Waals surface area contributed by atoms with Crippen molar-refractivity contribution in [1.29, 1.82) is 0 Å². The highest BCUT2D eigenvalue weighted by molar-refractivity contribution is 5.89. The second kappa shape index (κ2) is 8.02. The molecule has 2 aliphatic heterocycles. The molecule has 3 aliphatic rings. The van der Waals surface area contributed by atoms with Gasteiger partial charge in [-0.25, -0.2) is 9.18 Å². The lowest BCUT2D eigenvalue weighted by Gasteiger charge is -2.20. The summed E-state index contributed by atoms with van der Waals surface area (Å²) in [6.07, 6.45) is 0.357. The van der Waals surface area contributed by atoms with Gasteiger partial charge in [-0.3, -0.25) is 4.79 Å². The van der Waals surface area contributed by atoms with E-state index in [0.717, 1.165) is 12.8 Å². The van der Waals surface area contributed by atoms with Crippen LogP contribution in [0.5, 0.6) is 0 Å². The number of ether oxygens (including phenoxy) is 2. The van der Waals surface area contributed by atoms with Gasteiger partial charge in [-0.05, 0) is 37.1 Å². The quantitative estimate of drug-likeness (QED) is 0.574. The molecule has 5 unspecified atom stereocenters. The third-order valence-corrected chi connectivity index (χ3v) is 5.20. The molecule has 9 heteroatoms. The van der Waals surface area contributed by atoms with Crippen molar-refractivity contribution in [3.8, 4) is 0 Å². The number of carbonyl (C=O) groups is 2. The Hall–Kier alpha value is -2.23. The summed E-state index contributed by atoms with van der Waals surface area (Å²) in [6.45, 7) is 0.109. The van der Waals surface area contributed by atoms with Gasteiger partial charge >= 0.3 is 6.03 Å². The molecule has 1 saturated carbocycles. The monoisotopic (exact) mass is 393 g/mol. The minimum Gasteiger partial charge on any atom is -0.388 e. The summed E-state index contributed by atoms with van der Waals surface area (Å²) < 4.78 is 24.5. The fourth-order valence-corrected chi connectivity index (χ4v) is 3.63. The third-order valence-electron chi connectivity index (χ3n) is 5.20. The fraction of sp³-hybridized carbons (Fsp3) is 0.579. The average molecular weight is 393 g/mol. The van der Waals surface area contributed by atoms with Crippen LogP contribution in [0.4, 0.5) is 14.9 Å². The van der Waals surface area contributed by atoms with E-state index in [0.29, 0.717) is 18.2 Å². The highest BCUT2D eigenvalue weighted by Gasteiger charge is 2.50. The van der Waals surface area contributed by atoms with Gasteiger partial charge in [0.25, 0.3) is 0 Å². The zero-order valence-electron chi connectivity index (χ0n) is 15.3. The summed E-state index contributed by atoms with van der Waals surface area (Å²) in [6, 6.07) is 5.24. The average Bonchev–Trinajstić information content (AvgIpc) is 3.30. The van der Waals surface area contributed by atoms with Gasteiger partial charge in [-0.1, -0.05) is 0 Å². The maximum atomic E-state index is 12.9. The van der Waals surface area contributed by atoms with Crippen LogP contribution in [0, 0.1) is 5.82 Å². The molecule has 2 heterocycles. The Morgan fingerprint density at radius 2 is 1.93 bits per heavy atom. The normalized spacial score (nSPS) is 31.3. The highest BCUT2D eigenvalue weighted by Crippen LogP contribution is 2.35. The van der Waals surface area contributed by atoms with Gasteiger partial charge in [-0.2, -0.15) is 0 Å². The first kappa shape index (κ1) is 19.1. The standard InChI is InChI=1S/C19H24FN3O5/c20-10-1-3-12(4-2-10)23-19(26)21-9-15-17(25)18-14(28-15)7-13(27-18)8-16(24)22-11-5-6-11/h1-4,11,13-15,17-18,25H,5-9H2,(H,22,24)(H2,21,23,26). The van der Waals surface area contributed by atoms with Crippen molar-refractivity contribution in [3.05, 3.63) is 30.1 Å². The molecule has 1 aliphatic carbocycles. The molecule has 1 aromatic rings. The Morgan fingerprint density at radius 1 is 1.18 bits per heavy atom. The topological polar surface area (TPSA) is 109 Å². The lowest BCUT2D eigenvalue weighted by Crippen LogP contribution is -2.42. The molecular formula is C19H24FN3O5. The second-order valence-electron chi connectivity index (χ2n) is 7.55. The first-order chi connectivity index (χ1) is 13.5. The zero-order chi connectivity index (χ0) is 19.7. The van der Waals surface area contributed by atoms with Gasteiger partial charge in [0.2, 0.25) is 5.91 Å². The first-order valence-corrected chi connectivity index (χ1v) is 9.56. The summed E-state index contributed by atoms with van der Waals surface area (Å²) >= 11 is 0. The van der Waals surface area contributed by atoms with E-state index < -0.39 is 24.3 Å². The highest BCUT2D eigenvalue weighted by atomic mass is 19.1. The van der Waals surface area contributed by atoms with Crippen molar-refractivity contribution < 1.29 is 28.6 Å². The smallest absolute Gasteiger partial charge is 0.319 e. The zero-order valence-corrected chi connectivity index (χ0v) is 15.3. The maximum Gasteiger partial charge on any atom is 0.319 e. The van der Waals surface area contributed by atoms with Gasteiger partial charge in [0.05, 0.1) is 18.6 Å². The van der Waals surface area contributed by atoms with E-state index in [1.54, 1.807) is 0 Å². The summed E-state index contributed by atoms with van der Waals surface area (Å²) in [4.78, 5) is 23.8. The number of aliphatic hydroxyl groups excluding tert-OH is 1. The number of carbonyl (C=O) groups excluding carboxylic acids is 2. The van der Waals surface area contributed by atoms with Crippen molar-refractivity contribution in [1.82, 2.24) is 10.6 Å².